The fourth-order valence-electron chi connectivity index (χ4n) is 3.75. The van der Waals surface area contributed by atoms with Crippen LogP contribution in [-0.2, 0) is 6.54 Å². The summed E-state index contributed by atoms with van der Waals surface area (Å²) in [6.45, 7) is 0.669. The Bertz CT molecular complexity index is 819. The van der Waals surface area contributed by atoms with Crippen molar-refractivity contribution in [1.82, 2.24) is 20.4 Å². The van der Waals surface area contributed by atoms with Crippen LogP contribution in [0, 0.1) is 5.82 Å². The van der Waals surface area contributed by atoms with Crippen molar-refractivity contribution in [3.63, 3.8) is 0 Å². The first-order chi connectivity index (χ1) is 15.2. The Balaban J connectivity index is 1.59. The summed E-state index contributed by atoms with van der Waals surface area (Å²) in [5.41, 5.74) is 0.0253. The summed E-state index contributed by atoms with van der Waals surface area (Å²) < 4.78 is 54.7. The highest BCUT2D eigenvalue weighted by Crippen LogP contribution is 2.32. The summed E-state index contributed by atoms with van der Waals surface area (Å²) in [5, 5.41) is 14.1. The maximum absolute atomic E-state index is 14.2. The van der Waals surface area contributed by atoms with Crippen LogP contribution in [0.5, 0.6) is 5.75 Å². The largest absolute Gasteiger partial charge is 0.573 e. The molecule has 178 valence electrons. The quantitative estimate of drug-likeness (QED) is 0.543. The molecule has 1 aliphatic heterocycles. The van der Waals surface area contributed by atoms with Gasteiger partial charge in [-0.2, -0.15) is 0 Å². The second-order valence-corrected chi connectivity index (χ2v) is 7.80. The summed E-state index contributed by atoms with van der Waals surface area (Å²) in [7, 11) is 0. The van der Waals surface area contributed by atoms with Crippen molar-refractivity contribution in [2.45, 2.75) is 50.7 Å². The van der Waals surface area contributed by atoms with E-state index >= 15 is 0 Å². The fourth-order valence-corrected chi connectivity index (χ4v) is 3.75. The standard InChI is InChI=1S/C20H26F4N4O4/c21-17-10-16(32-20(22,23)24)6-3-13(17)11-26-19(31)28(14-4-5-14)15-2-1-8-27(12-15)18(30)25-7-9-29/h3,6,10,14-15,29H,1-2,4-5,7-9,11-12H2,(H,25,30)(H,26,31)/t15-/m1/s1. The molecular formula is C20H26F4N4O4. The number of likely N-dealkylation sites (tertiary alicyclic amines) is 1. The third-order valence-corrected chi connectivity index (χ3v) is 5.33. The van der Waals surface area contributed by atoms with Crippen molar-refractivity contribution >= 4 is 12.1 Å². The number of benzene rings is 1. The van der Waals surface area contributed by atoms with Crippen molar-refractivity contribution in [3.8, 4) is 5.75 Å². The normalized spacial score (nSPS) is 18.8. The molecule has 0 spiro atoms. The molecule has 1 heterocycles. The second kappa shape index (κ2) is 10.2. The number of aliphatic hydroxyl groups is 1. The van der Waals surface area contributed by atoms with Gasteiger partial charge in [-0.25, -0.2) is 14.0 Å². The van der Waals surface area contributed by atoms with Gasteiger partial charge in [-0.15, -0.1) is 13.2 Å². The minimum absolute atomic E-state index is 0.0253. The predicted molar refractivity (Wildman–Crippen MR) is 105 cm³/mol. The highest BCUT2D eigenvalue weighted by atomic mass is 19.4. The third kappa shape index (κ3) is 6.62. The second-order valence-electron chi connectivity index (χ2n) is 7.80. The number of nitrogens with one attached hydrogen (secondary N) is 2. The summed E-state index contributed by atoms with van der Waals surface area (Å²) in [4.78, 5) is 28.4. The Morgan fingerprint density at radius 3 is 2.56 bits per heavy atom. The maximum Gasteiger partial charge on any atom is 0.573 e. The van der Waals surface area contributed by atoms with E-state index in [0.29, 0.717) is 32.0 Å². The number of carbonyl (C=O) groups is 2. The number of rotatable bonds is 7. The molecule has 2 aliphatic rings. The number of aliphatic hydroxyl groups excluding tert-OH is 1. The molecule has 1 saturated heterocycles. The number of hydrogen-bond acceptors (Lipinski definition) is 4. The lowest BCUT2D eigenvalue weighted by Gasteiger charge is -2.39. The number of halogens is 4. The molecule has 1 aromatic rings. The molecule has 1 aromatic carbocycles. The Kier molecular flexibility index (Phi) is 7.64. The van der Waals surface area contributed by atoms with Gasteiger partial charge in [0.2, 0.25) is 0 Å². The van der Waals surface area contributed by atoms with Gasteiger partial charge in [-0.1, -0.05) is 6.07 Å². The Labute approximate surface area is 182 Å². The molecule has 8 nitrogen and oxygen atoms in total. The van der Waals surface area contributed by atoms with Gasteiger partial charge in [-0.05, 0) is 31.7 Å². The summed E-state index contributed by atoms with van der Waals surface area (Å²) >= 11 is 0. The van der Waals surface area contributed by atoms with Crippen LogP contribution < -0.4 is 15.4 Å². The van der Waals surface area contributed by atoms with Crippen LogP contribution in [-0.4, -0.2) is 71.7 Å². The summed E-state index contributed by atoms with van der Waals surface area (Å²) in [6, 6.07) is 1.86. The number of carbonyl (C=O) groups excluding carboxylic acids is 2. The average molecular weight is 462 g/mol. The van der Waals surface area contributed by atoms with Gasteiger partial charge in [-0.3, -0.25) is 0 Å². The zero-order chi connectivity index (χ0) is 23.3. The molecule has 0 aromatic heterocycles. The lowest BCUT2D eigenvalue weighted by atomic mass is 10.0. The van der Waals surface area contributed by atoms with Crippen molar-refractivity contribution in [1.29, 1.82) is 0 Å². The minimum Gasteiger partial charge on any atom is -0.406 e. The summed E-state index contributed by atoms with van der Waals surface area (Å²) in [6.07, 6.45) is -1.83. The van der Waals surface area contributed by atoms with Gasteiger partial charge < -0.3 is 30.3 Å². The predicted octanol–water partition coefficient (Wildman–Crippen LogP) is 2.56. The van der Waals surface area contributed by atoms with Gasteiger partial charge in [0, 0.05) is 43.9 Å². The number of alkyl halides is 3. The Hall–Kier alpha value is -2.76. The molecular weight excluding hydrogens is 436 g/mol. The zero-order valence-corrected chi connectivity index (χ0v) is 17.3. The van der Waals surface area contributed by atoms with Crippen LogP contribution in [0.2, 0.25) is 0 Å². The number of hydrogen-bond donors (Lipinski definition) is 3. The lowest BCUT2D eigenvalue weighted by molar-refractivity contribution is -0.274. The Morgan fingerprint density at radius 2 is 1.94 bits per heavy atom. The molecule has 1 atom stereocenters. The molecule has 12 heteroatoms. The van der Waals surface area contributed by atoms with Gasteiger partial charge in [0.15, 0.2) is 0 Å². The van der Waals surface area contributed by atoms with E-state index in [0.717, 1.165) is 25.0 Å². The SMILES string of the molecule is O=C(NCCO)N1CCC[C@@H](N(C(=O)NCc2ccc(OC(F)(F)F)cc2F)C2CC2)C1. The van der Waals surface area contributed by atoms with Gasteiger partial charge in [0.1, 0.15) is 11.6 Å². The van der Waals surface area contributed by atoms with E-state index in [2.05, 4.69) is 15.4 Å². The van der Waals surface area contributed by atoms with Gasteiger partial charge in [0.25, 0.3) is 0 Å². The number of ether oxygens (including phenoxy) is 1. The van der Waals surface area contributed by atoms with E-state index in [9.17, 15) is 27.2 Å². The lowest BCUT2D eigenvalue weighted by Crippen LogP contribution is -2.56. The molecule has 0 bridgehead atoms. The fraction of sp³-hybridized carbons (Fsp3) is 0.600. The van der Waals surface area contributed by atoms with Crippen LogP contribution in [0.3, 0.4) is 0 Å². The zero-order valence-electron chi connectivity index (χ0n) is 17.3. The highest BCUT2D eigenvalue weighted by Gasteiger charge is 2.39. The number of amides is 4. The molecule has 4 amide bonds. The first kappa shape index (κ1) is 23.9. The number of urea groups is 2. The van der Waals surface area contributed by atoms with Crippen LogP contribution in [0.1, 0.15) is 31.2 Å². The first-order valence-corrected chi connectivity index (χ1v) is 10.4. The maximum atomic E-state index is 14.2. The van der Waals surface area contributed by atoms with Crippen molar-refractivity contribution in [3.05, 3.63) is 29.6 Å². The van der Waals surface area contributed by atoms with Crippen molar-refractivity contribution in [2.24, 2.45) is 0 Å². The van der Waals surface area contributed by atoms with Crippen LogP contribution in [0.25, 0.3) is 0 Å². The van der Waals surface area contributed by atoms with Gasteiger partial charge >= 0.3 is 18.4 Å². The van der Waals surface area contributed by atoms with Gasteiger partial charge in [0.05, 0.1) is 12.6 Å². The van der Waals surface area contributed by atoms with E-state index in [4.69, 9.17) is 5.11 Å². The van der Waals surface area contributed by atoms with E-state index in [1.54, 1.807) is 9.80 Å². The van der Waals surface area contributed by atoms with E-state index < -0.39 is 24.0 Å². The Morgan fingerprint density at radius 1 is 1.19 bits per heavy atom. The molecule has 1 saturated carbocycles. The first-order valence-electron chi connectivity index (χ1n) is 10.4. The minimum atomic E-state index is -4.92. The molecule has 3 N–H and O–H groups in total. The van der Waals surface area contributed by atoms with E-state index in [1.807, 2.05) is 0 Å². The molecule has 0 unspecified atom stereocenters. The molecule has 1 aliphatic carbocycles. The van der Waals surface area contributed by atoms with Crippen molar-refractivity contribution in [2.75, 3.05) is 26.2 Å². The summed E-state index contributed by atoms with van der Waals surface area (Å²) in [5.74, 6) is -1.60. The molecule has 32 heavy (non-hydrogen) atoms. The van der Waals surface area contributed by atoms with Crippen LogP contribution >= 0.6 is 0 Å². The van der Waals surface area contributed by atoms with Crippen LogP contribution in [0.15, 0.2) is 18.2 Å². The monoisotopic (exact) mass is 462 g/mol. The van der Waals surface area contributed by atoms with E-state index in [-0.39, 0.29) is 43.4 Å². The highest BCUT2D eigenvalue weighted by molar-refractivity contribution is 5.76. The number of nitrogens with zero attached hydrogens (tertiary/aromatic N) is 2. The topological polar surface area (TPSA) is 94.1 Å². The third-order valence-electron chi connectivity index (χ3n) is 5.33. The smallest absolute Gasteiger partial charge is 0.406 e. The molecule has 2 fully saturated rings. The van der Waals surface area contributed by atoms with E-state index in [1.165, 1.54) is 0 Å². The van der Waals surface area contributed by atoms with Crippen LogP contribution in [0.4, 0.5) is 27.2 Å². The van der Waals surface area contributed by atoms with Crippen molar-refractivity contribution < 1.29 is 37.0 Å². The average Bonchev–Trinajstić information content (AvgIpc) is 3.55. The number of piperidine rings is 1. The molecule has 3 rings (SSSR count). The molecule has 0 radical (unpaired) electrons.